The Bertz CT molecular complexity index is 1350. The molecule has 2 bridgehead atoms. The molecule has 3 aromatic rings. The van der Waals surface area contributed by atoms with E-state index in [9.17, 15) is 39.6 Å². The number of carbonyl (C=O) groups excluding carboxylic acids is 2. The average Bonchev–Trinajstić information content (AvgIpc) is 3.50. The van der Waals surface area contributed by atoms with Crippen LogP contribution in [0.15, 0.2) is 65.4 Å². The Labute approximate surface area is 241 Å². The number of aromatic nitrogens is 1. The summed E-state index contributed by atoms with van der Waals surface area (Å²) in [5.41, 5.74) is -7.27. The quantitative estimate of drug-likeness (QED) is 0.214. The molecular weight excluding hydrogens is 548 g/mol. The molecule has 12 nitrogen and oxygen atoms in total. The van der Waals surface area contributed by atoms with Gasteiger partial charge >= 0.3 is 11.9 Å². The summed E-state index contributed by atoms with van der Waals surface area (Å²) in [6.45, 7) is 6.91. The molecule has 6 rings (SSSR count). The third-order valence-corrected chi connectivity index (χ3v) is 7.71. The first-order valence-corrected chi connectivity index (χ1v) is 13.3. The first kappa shape index (κ1) is 30.6. The Morgan fingerprint density at radius 3 is 1.60 bits per heavy atom. The van der Waals surface area contributed by atoms with Crippen LogP contribution in [-0.4, -0.2) is 90.9 Å². The third kappa shape index (κ3) is 5.82. The number of rotatable bonds is 9. The number of aliphatic hydroxyl groups is 2. The summed E-state index contributed by atoms with van der Waals surface area (Å²) in [5.74, 6) is -6.66. The topological polar surface area (TPSA) is 188 Å². The normalized spacial score (nSPS) is 22.0. The molecule has 3 atom stereocenters. The van der Waals surface area contributed by atoms with Crippen molar-refractivity contribution in [2.45, 2.75) is 44.0 Å². The predicted octanol–water partition coefficient (Wildman–Crippen LogP) is 2.15. The molecule has 2 aromatic carbocycles. The number of benzene rings is 2. The second kappa shape index (κ2) is 12.2. The summed E-state index contributed by atoms with van der Waals surface area (Å²) in [5, 5.41) is 44.1. The number of nitrogens with zero attached hydrogens (tertiary/aromatic N) is 2. The lowest BCUT2D eigenvalue weighted by Crippen LogP contribution is -2.71. The maximum atomic E-state index is 12.8. The number of carbonyl (C=O) groups is 4. The highest BCUT2D eigenvalue weighted by atomic mass is 16.5. The van der Waals surface area contributed by atoms with Gasteiger partial charge in [0, 0.05) is 23.7 Å². The number of piperidine rings is 3. The van der Waals surface area contributed by atoms with Crippen molar-refractivity contribution in [1.29, 1.82) is 0 Å². The van der Waals surface area contributed by atoms with Crippen LogP contribution in [0.4, 0.5) is 0 Å². The van der Waals surface area contributed by atoms with Crippen LogP contribution in [0, 0.1) is 19.8 Å². The minimum Gasteiger partial charge on any atom is -0.479 e. The second-order valence-electron chi connectivity index (χ2n) is 10.6. The molecule has 3 fully saturated rings. The summed E-state index contributed by atoms with van der Waals surface area (Å²) >= 11 is 0. The fraction of sp³-hybridized carbons (Fsp3) is 0.367. The number of fused-ring (bicyclic) bond motifs is 3. The van der Waals surface area contributed by atoms with Crippen LogP contribution in [0.1, 0.15) is 44.7 Å². The third-order valence-electron chi connectivity index (χ3n) is 7.71. The van der Waals surface area contributed by atoms with E-state index in [1.165, 1.54) is 50.2 Å². The number of carboxylic acids is 2. The van der Waals surface area contributed by atoms with Gasteiger partial charge in [0.05, 0.1) is 0 Å². The molecule has 4 N–H and O–H groups in total. The van der Waals surface area contributed by atoms with Gasteiger partial charge in [-0.25, -0.2) is 9.59 Å². The Morgan fingerprint density at radius 2 is 1.26 bits per heavy atom. The van der Waals surface area contributed by atoms with Crippen LogP contribution in [0.3, 0.4) is 0 Å². The molecule has 0 radical (unpaired) electrons. The van der Waals surface area contributed by atoms with Gasteiger partial charge in [-0.3, -0.25) is 14.5 Å². The van der Waals surface area contributed by atoms with E-state index in [1.807, 2.05) is 0 Å². The zero-order valence-electron chi connectivity index (χ0n) is 23.1. The van der Waals surface area contributed by atoms with Crippen molar-refractivity contribution in [1.82, 2.24) is 10.1 Å². The standard InChI is InChI=1S/C20H18O8.C10H14N2O2/c1-11-3-7-13(8-4-11)15(21)19(27,17(23)24)20(28,18(25)26)16(22)14-9-5-12(2)6-10-14;1-4-12-5-2-8(1)9(7-12)14-10-3-6-13-11-10/h3-10,27-28H,1-2H3,(H,23,24)(H,25,26);3,6,8-9H,1-2,4-5,7H2/t;9-/m.0/s1. The fourth-order valence-corrected chi connectivity index (χ4v) is 5.12. The van der Waals surface area contributed by atoms with Crippen molar-refractivity contribution < 1.29 is 48.9 Å². The summed E-state index contributed by atoms with van der Waals surface area (Å²) < 4.78 is 10.5. The van der Waals surface area contributed by atoms with Gasteiger partial charge in [-0.15, -0.1) is 0 Å². The van der Waals surface area contributed by atoms with Crippen molar-refractivity contribution in [3.8, 4) is 5.88 Å². The first-order chi connectivity index (χ1) is 19.9. The lowest BCUT2D eigenvalue weighted by atomic mass is 9.73. The van der Waals surface area contributed by atoms with Crippen LogP contribution >= 0.6 is 0 Å². The van der Waals surface area contributed by atoms with Gasteiger partial charge < -0.3 is 29.7 Å². The molecule has 1 aromatic heterocycles. The molecule has 0 saturated carbocycles. The highest BCUT2D eigenvalue weighted by Crippen LogP contribution is 2.32. The number of ketones is 2. The number of ether oxygens (including phenoxy) is 1. The number of Topliss-reactive ketones (excluding diaryl/α,β-unsaturated/α-hetero) is 2. The van der Waals surface area contributed by atoms with Crippen molar-refractivity contribution in [2.75, 3.05) is 19.6 Å². The van der Waals surface area contributed by atoms with E-state index in [1.54, 1.807) is 26.2 Å². The van der Waals surface area contributed by atoms with Gasteiger partial charge in [0.25, 0.3) is 17.1 Å². The molecule has 2 unspecified atom stereocenters. The van der Waals surface area contributed by atoms with E-state index in [-0.39, 0.29) is 11.1 Å². The Balaban J connectivity index is 0.000000238. The number of hydrogen-bond acceptors (Lipinski definition) is 10. The Hall–Kier alpha value is -4.39. The van der Waals surface area contributed by atoms with Crippen LogP contribution in [0.2, 0.25) is 0 Å². The number of carboxylic acid groups (broad SMARTS) is 2. The minimum atomic E-state index is -3.96. The lowest BCUT2D eigenvalue weighted by molar-refractivity contribution is -0.187. The molecule has 12 heteroatoms. The molecule has 42 heavy (non-hydrogen) atoms. The number of aryl methyl sites for hydroxylation is 2. The maximum absolute atomic E-state index is 12.8. The molecular formula is C30H32N2O10. The Morgan fingerprint density at radius 1 is 0.810 bits per heavy atom. The van der Waals surface area contributed by atoms with E-state index in [0.717, 1.165) is 36.7 Å². The van der Waals surface area contributed by atoms with E-state index in [4.69, 9.17) is 9.26 Å². The van der Waals surface area contributed by atoms with Crippen LogP contribution in [0.5, 0.6) is 5.88 Å². The smallest absolute Gasteiger partial charge is 0.348 e. The van der Waals surface area contributed by atoms with Gasteiger partial charge in [0.2, 0.25) is 11.6 Å². The average molecular weight is 581 g/mol. The van der Waals surface area contributed by atoms with Crippen LogP contribution in [0.25, 0.3) is 0 Å². The van der Waals surface area contributed by atoms with Crippen molar-refractivity contribution in [3.63, 3.8) is 0 Å². The van der Waals surface area contributed by atoms with Crippen LogP contribution in [-0.2, 0) is 9.59 Å². The molecule has 222 valence electrons. The van der Waals surface area contributed by atoms with Gasteiger partial charge in [-0.2, -0.15) is 0 Å². The highest BCUT2D eigenvalue weighted by Gasteiger charge is 2.69. The largest absolute Gasteiger partial charge is 0.479 e. The van der Waals surface area contributed by atoms with Gasteiger partial charge in [-0.05, 0) is 50.9 Å². The lowest BCUT2D eigenvalue weighted by Gasteiger charge is -2.43. The highest BCUT2D eigenvalue weighted by molar-refractivity contribution is 6.28. The van der Waals surface area contributed by atoms with Crippen LogP contribution < -0.4 is 4.74 Å². The molecule has 4 heterocycles. The van der Waals surface area contributed by atoms with E-state index < -0.39 is 34.7 Å². The molecule has 0 amide bonds. The molecule has 0 aliphatic carbocycles. The van der Waals surface area contributed by atoms with E-state index >= 15 is 0 Å². The zero-order chi connectivity index (χ0) is 30.7. The number of hydrogen-bond donors (Lipinski definition) is 4. The summed E-state index contributed by atoms with van der Waals surface area (Å²) in [6, 6.07) is 12.1. The Kier molecular flexibility index (Phi) is 8.90. The van der Waals surface area contributed by atoms with Crippen molar-refractivity contribution in [2.24, 2.45) is 5.92 Å². The molecule has 3 saturated heterocycles. The monoisotopic (exact) mass is 580 g/mol. The van der Waals surface area contributed by atoms with Gasteiger partial charge in [-0.1, -0.05) is 59.7 Å². The summed E-state index contributed by atoms with van der Waals surface area (Å²) in [7, 11) is 0. The van der Waals surface area contributed by atoms with E-state index in [0.29, 0.717) is 23.1 Å². The second-order valence-corrected chi connectivity index (χ2v) is 10.6. The maximum Gasteiger partial charge on any atom is 0.348 e. The number of aliphatic carboxylic acids is 2. The molecule has 0 spiro atoms. The fourth-order valence-electron chi connectivity index (χ4n) is 5.12. The van der Waals surface area contributed by atoms with E-state index in [2.05, 4.69) is 10.1 Å². The van der Waals surface area contributed by atoms with Gasteiger partial charge in [0.15, 0.2) is 0 Å². The first-order valence-electron chi connectivity index (χ1n) is 13.3. The van der Waals surface area contributed by atoms with Crippen molar-refractivity contribution >= 4 is 23.5 Å². The van der Waals surface area contributed by atoms with Crippen molar-refractivity contribution in [3.05, 3.63) is 83.1 Å². The molecule has 3 aliphatic heterocycles. The summed E-state index contributed by atoms with van der Waals surface area (Å²) in [6.07, 6.45) is 4.41. The van der Waals surface area contributed by atoms with Gasteiger partial charge in [0.1, 0.15) is 12.4 Å². The SMILES string of the molecule is Cc1ccc(C(=O)C(O)(C(=O)O)C(O)(C(=O)O)C(=O)c2ccc(C)cc2)cc1.c1cc(O[C@H]2CN3CCC2CC3)no1. The summed E-state index contributed by atoms with van der Waals surface area (Å²) in [4.78, 5) is 51.6. The predicted molar refractivity (Wildman–Crippen MR) is 146 cm³/mol. The molecule has 3 aliphatic rings. The minimum absolute atomic E-state index is 0.322. The zero-order valence-corrected chi connectivity index (χ0v) is 23.1.